The van der Waals surface area contributed by atoms with Gasteiger partial charge in [0.2, 0.25) is 0 Å². The van der Waals surface area contributed by atoms with Crippen molar-refractivity contribution in [3.8, 4) is 0 Å². The van der Waals surface area contributed by atoms with Crippen LogP contribution in [0.5, 0.6) is 0 Å². The number of carbonyl (C=O) groups is 1. The van der Waals surface area contributed by atoms with Gasteiger partial charge in [0, 0.05) is 30.1 Å². The van der Waals surface area contributed by atoms with Crippen LogP contribution in [0, 0.1) is 0 Å². The number of nitrogens with one attached hydrogen (secondary N) is 1. The van der Waals surface area contributed by atoms with Gasteiger partial charge in [0.25, 0.3) is 5.91 Å². The summed E-state index contributed by atoms with van der Waals surface area (Å²) in [6.07, 6.45) is 2.22. The zero-order valence-corrected chi connectivity index (χ0v) is 17.4. The number of aliphatic hydroxyl groups is 1. The normalized spacial score (nSPS) is 21.0. The van der Waals surface area contributed by atoms with Crippen molar-refractivity contribution in [1.82, 2.24) is 14.8 Å². The number of aliphatic hydroxyl groups excluding tert-OH is 1. The highest BCUT2D eigenvalue weighted by Crippen LogP contribution is 2.35. The zero-order valence-electron chi connectivity index (χ0n) is 16.6. The number of rotatable bonds is 6. The lowest BCUT2D eigenvalue weighted by molar-refractivity contribution is 0.0746. The van der Waals surface area contributed by atoms with Gasteiger partial charge in [-0.2, -0.15) is 0 Å². The first-order valence-electron chi connectivity index (χ1n) is 10.2. The number of benzene rings is 1. The molecule has 3 atom stereocenters. The van der Waals surface area contributed by atoms with E-state index in [0.29, 0.717) is 6.04 Å². The second kappa shape index (κ2) is 8.31. The second-order valence-corrected chi connectivity index (χ2v) is 8.72. The molecule has 1 aromatic heterocycles. The molecule has 0 saturated carbocycles. The molecule has 1 amide bonds. The monoisotopic (exact) mass is 399 g/mol. The predicted molar refractivity (Wildman–Crippen MR) is 113 cm³/mol. The van der Waals surface area contributed by atoms with Crippen molar-refractivity contribution in [3.63, 3.8) is 0 Å². The van der Waals surface area contributed by atoms with Crippen molar-refractivity contribution in [1.29, 1.82) is 0 Å². The number of aromatic nitrogens is 1. The van der Waals surface area contributed by atoms with Gasteiger partial charge in [-0.3, -0.25) is 10.1 Å². The third kappa shape index (κ3) is 3.61. The Morgan fingerprint density at radius 1 is 1.36 bits per heavy atom. The molecular weight excluding hydrogens is 370 g/mol. The van der Waals surface area contributed by atoms with E-state index in [0.717, 1.165) is 60.0 Å². The first-order valence-corrected chi connectivity index (χ1v) is 11.4. The first-order chi connectivity index (χ1) is 13.6. The maximum absolute atomic E-state index is 13.2. The highest BCUT2D eigenvalue weighted by Gasteiger charge is 2.33. The van der Waals surface area contributed by atoms with Crippen molar-refractivity contribution in [2.75, 3.05) is 6.54 Å². The number of fused-ring (bicyclic) bond motifs is 1. The van der Waals surface area contributed by atoms with Crippen molar-refractivity contribution in [3.05, 3.63) is 58.9 Å². The highest BCUT2D eigenvalue weighted by atomic mass is 32.2. The van der Waals surface area contributed by atoms with E-state index in [-0.39, 0.29) is 11.9 Å². The Labute approximate surface area is 171 Å². The molecule has 0 radical (unpaired) electrons. The third-order valence-corrected chi connectivity index (χ3v) is 6.91. The molecule has 1 unspecified atom stereocenters. The average Bonchev–Trinajstić information content (AvgIpc) is 3.42. The van der Waals surface area contributed by atoms with Gasteiger partial charge in [0.1, 0.15) is 6.23 Å². The van der Waals surface area contributed by atoms with E-state index < -0.39 is 6.23 Å². The summed E-state index contributed by atoms with van der Waals surface area (Å²) < 4.78 is 2.12. The number of amides is 1. The van der Waals surface area contributed by atoms with E-state index in [2.05, 4.69) is 35.9 Å². The Bertz CT molecular complexity index is 836. The Morgan fingerprint density at radius 2 is 2.14 bits per heavy atom. The topological polar surface area (TPSA) is 57.5 Å². The van der Waals surface area contributed by atoms with Crippen LogP contribution in [0.25, 0.3) is 0 Å². The van der Waals surface area contributed by atoms with Gasteiger partial charge in [-0.05, 0) is 37.8 Å². The summed E-state index contributed by atoms with van der Waals surface area (Å²) in [5.74, 6) is 1.73. The van der Waals surface area contributed by atoms with E-state index in [1.54, 1.807) is 11.8 Å². The number of hydrogen-bond acceptors (Lipinski definition) is 4. The smallest absolute Gasteiger partial charge is 0.255 e. The number of thioether (sulfide) groups is 1. The van der Waals surface area contributed by atoms with Crippen LogP contribution in [0.1, 0.15) is 72.7 Å². The summed E-state index contributed by atoms with van der Waals surface area (Å²) in [6, 6.07) is 12.5. The quantitative estimate of drug-likeness (QED) is 0.720. The molecule has 0 spiro atoms. The Morgan fingerprint density at radius 3 is 2.82 bits per heavy atom. The number of likely N-dealkylation sites (tertiary alicyclic amines) is 1. The molecule has 0 bridgehead atoms. The SMILES string of the molecule is CC[C@@H](NC(O)c1cc(C(=O)N2CCC[C@@H]2C)c2n1CSC2)c1ccccc1. The summed E-state index contributed by atoms with van der Waals surface area (Å²) in [4.78, 5) is 15.1. The fourth-order valence-electron chi connectivity index (χ4n) is 4.36. The standard InChI is InChI=1S/C22H29N3O2S/c1-3-18(16-9-5-4-6-10-16)23-21(26)19-12-17(20-13-28-14-25(19)20)22(27)24-11-7-8-15(24)2/h4-6,9-10,12,15,18,21,23,26H,3,7-8,11,13-14H2,1-2H3/t15-,18+,21?/m0/s1. The summed E-state index contributed by atoms with van der Waals surface area (Å²) in [5.41, 5.74) is 3.78. The minimum atomic E-state index is -0.805. The Kier molecular flexibility index (Phi) is 5.80. The van der Waals surface area contributed by atoms with Gasteiger partial charge in [0.15, 0.2) is 0 Å². The number of carbonyl (C=O) groups excluding carboxylic acids is 1. The van der Waals surface area contributed by atoms with Crippen LogP contribution < -0.4 is 5.32 Å². The van der Waals surface area contributed by atoms with E-state index in [1.165, 1.54) is 0 Å². The van der Waals surface area contributed by atoms with Gasteiger partial charge in [-0.15, -0.1) is 11.8 Å². The molecule has 3 heterocycles. The highest BCUT2D eigenvalue weighted by molar-refractivity contribution is 7.97. The van der Waals surface area contributed by atoms with Crippen molar-refractivity contribution >= 4 is 17.7 Å². The van der Waals surface area contributed by atoms with Gasteiger partial charge in [-0.1, -0.05) is 37.3 Å². The molecule has 1 saturated heterocycles. The zero-order chi connectivity index (χ0) is 19.7. The van der Waals surface area contributed by atoms with Crippen LogP contribution in [-0.2, 0) is 11.6 Å². The van der Waals surface area contributed by atoms with Gasteiger partial charge >= 0.3 is 0 Å². The van der Waals surface area contributed by atoms with E-state index in [1.807, 2.05) is 29.2 Å². The average molecular weight is 400 g/mol. The van der Waals surface area contributed by atoms with E-state index in [4.69, 9.17) is 0 Å². The predicted octanol–water partition coefficient (Wildman–Crippen LogP) is 4.05. The lowest BCUT2D eigenvalue weighted by Gasteiger charge is -2.22. The maximum atomic E-state index is 13.2. The Balaban J connectivity index is 1.59. The molecular formula is C22H29N3O2S. The van der Waals surface area contributed by atoms with Crippen LogP contribution in [0.3, 0.4) is 0 Å². The van der Waals surface area contributed by atoms with Crippen molar-refractivity contribution < 1.29 is 9.90 Å². The molecule has 2 aliphatic heterocycles. The summed E-state index contributed by atoms with van der Waals surface area (Å²) in [7, 11) is 0. The molecule has 2 aromatic rings. The van der Waals surface area contributed by atoms with Crippen molar-refractivity contribution in [2.24, 2.45) is 0 Å². The summed E-state index contributed by atoms with van der Waals surface area (Å²) in [6.45, 7) is 5.07. The fourth-order valence-corrected chi connectivity index (χ4v) is 5.45. The van der Waals surface area contributed by atoms with Crippen LogP contribution in [0.4, 0.5) is 0 Å². The molecule has 5 nitrogen and oxygen atoms in total. The molecule has 1 fully saturated rings. The van der Waals surface area contributed by atoms with E-state index >= 15 is 0 Å². The first kappa shape index (κ1) is 19.6. The minimum Gasteiger partial charge on any atom is -0.373 e. The van der Waals surface area contributed by atoms with Crippen molar-refractivity contribution in [2.45, 2.75) is 63.1 Å². The lowest BCUT2D eigenvalue weighted by atomic mass is 10.0. The molecule has 1 aromatic carbocycles. The molecule has 6 heteroatoms. The maximum Gasteiger partial charge on any atom is 0.255 e. The number of hydrogen-bond donors (Lipinski definition) is 2. The van der Waals surface area contributed by atoms with Crippen LogP contribution in [-0.4, -0.2) is 33.1 Å². The second-order valence-electron chi connectivity index (χ2n) is 7.77. The largest absolute Gasteiger partial charge is 0.373 e. The summed E-state index contributed by atoms with van der Waals surface area (Å²) in [5, 5.41) is 14.4. The van der Waals surface area contributed by atoms with Crippen LogP contribution >= 0.6 is 11.8 Å². The molecule has 150 valence electrons. The molecule has 28 heavy (non-hydrogen) atoms. The van der Waals surface area contributed by atoms with Gasteiger partial charge in [-0.25, -0.2) is 0 Å². The van der Waals surface area contributed by atoms with Crippen LogP contribution in [0.15, 0.2) is 36.4 Å². The molecule has 0 aliphatic carbocycles. The minimum absolute atomic E-state index is 0.0640. The lowest BCUT2D eigenvalue weighted by Crippen LogP contribution is -2.33. The van der Waals surface area contributed by atoms with Crippen LogP contribution in [0.2, 0.25) is 0 Å². The number of nitrogens with zero attached hydrogens (tertiary/aromatic N) is 2. The Hall–Kier alpha value is -1.76. The molecule has 4 rings (SSSR count). The molecule has 2 aliphatic rings. The molecule has 2 N–H and O–H groups in total. The third-order valence-electron chi connectivity index (χ3n) is 5.99. The summed E-state index contributed by atoms with van der Waals surface area (Å²) >= 11 is 1.79. The van der Waals surface area contributed by atoms with Gasteiger partial charge < -0.3 is 14.6 Å². The van der Waals surface area contributed by atoms with E-state index in [9.17, 15) is 9.90 Å². The fraction of sp³-hybridized carbons (Fsp3) is 0.500. The van der Waals surface area contributed by atoms with Gasteiger partial charge in [0.05, 0.1) is 17.1 Å².